The molecule has 5 heteroatoms. The number of nitrogens with one attached hydrogen (secondary N) is 1. The molecule has 2 N–H and O–H groups in total. The second-order valence-corrected chi connectivity index (χ2v) is 5.01. The smallest absolute Gasteiger partial charge is 0.326 e. The molecule has 0 radical (unpaired) electrons. The first kappa shape index (κ1) is 15.2. The number of aliphatic carboxylic acids is 1. The van der Waals surface area contributed by atoms with Crippen LogP contribution in [-0.4, -0.2) is 24.2 Å². The van der Waals surface area contributed by atoms with Gasteiger partial charge >= 0.3 is 5.97 Å². The first-order chi connectivity index (χ1) is 10.1. The summed E-state index contributed by atoms with van der Waals surface area (Å²) < 4.78 is 5.22. The number of halogens is 1. The fraction of sp³-hybridized carbons (Fsp3) is 0.188. The third-order valence-electron chi connectivity index (χ3n) is 3.07. The summed E-state index contributed by atoms with van der Waals surface area (Å²) >= 11 is 5.95. The number of ether oxygens (including phenoxy) is 1. The number of methoxy groups -OCH3 is 1. The molecule has 1 atom stereocenters. The SMILES string of the molecule is COc1ccc(Cl)cc1N[C@@H](Cc1ccccc1)C(=O)O. The van der Waals surface area contributed by atoms with Crippen molar-refractivity contribution in [1.29, 1.82) is 0 Å². The predicted molar refractivity (Wildman–Crippen MR) is 83.2 cm³/mol. The molecule has 0 amide bonds. The molecule has 0 aromatic heterocycles. The molecule has 0 aliphatic rings. The number of benzene rings is 2. The molecular weight excluding hydrogens is 290 g/mol. The van der Waals surface area contributed by atoms with Crippen LogP contribution in [0.1, 0.15) is 5.56 Å². The minimum atomic E-state index is -0.930. The highest BCUT2D eigenvalue weighted by atomic mass is 35.5. The Balaban J connectivity index is 2.20. The summed E-state index contributed by atoms with van der Waals surface area (Å²) in [5.41, 5.74) is 1.51. The van der Waals surface area contributed by atoms with E-state index in [0.717, 1.165) is 5.56 Å². The molecule has 0 spiro atoms. The molecule has 110 valence electrons. The fourth-order valence-electron chi connectivity index (χ4n) is 2.03. The third-order valence-corrected chi connectivity index (χ3v) is 3.31. The summed E-state index contributed by atoms with van der Waals surface area (Å²) in [4.78, 5) is 11.5. The number of anilines is 1. The standard InChI is InChI=1S/C16H16ClNO3/c1-21-15-8-7-12(17)10-13(15)18-14(16(19)20)9-11-5-3-2-4-6-11/h2-8,10,14,18H,9H2,1H3,(H,19,20)/t14-/m0/s1. The molecule has 0 heterocycles. The van der Waals surface area contributed by atoms with Gasteiger partial charge in [-0.05, 0) is 23.8 Å². The van der Waals surface area contributed by atoms with Crippen molar-refractivity contribution >= 4 is 23.3 Å². The molecule has 2 rings (SSSR count). The summed E-state index contributed by atoms with van der Waals surface area (Å²) in [6.07, 6.45) is 0.367. The molecule has 0 fully saturated rings. The van der Waals surface area contributed by atoms with Crippen molar-refractivity contribution in [3.63, 3.8) is 0 Å². The second kappa shape index (κ2) is 6.99. The maximum atomic E-state index is 11.5. The fourth-order valence-corrected chi connectivity index (χ4v) is 2.20. The van der Waals surface area contributed by atoms with Gasteiger partial charge in [0.1, 0.15) is 11.8 Å². The van der Waals surface area contributed by atoms with E-state index in [-0.39, 0.29) is 0 Å². The minimum absolute atomic E-state index is 0.367. The van der Waals surface area contributed by atoms with Crippen LogP contribution in [0.4, 0.5) is 5.69 Å². The van der Waals surface area contributed by atoms with Crippen molar-refractivity contribution in [1.82, 2.24) is 0 Å². The van der Waals surface area contributed by atoms with Crippen molar-refractivity contribution in [3.8, 4) is 5.75 Å². The largest absolute Gasteiger partial charge is 0.495 e. The highest BCUT2D eigenvalue weighted by Gasteiger charge is 2.19. The molecule has 0 aliphatic heterocycles. The second-order valence-electron chi connectivity index (χ2n) is 4.57. The Labute approximate surface area is 128 Å². The van der Waals surface area contributed by atoms with Crippen molar-refractivity contribution in [2.45, 2.75) is 12.5 Å². The van der Waals surface area contributed by atoms with E-state index in [0.29, 0.717) is 22.9 Å². The highest BCUT2D eigenvalue weighted by Crippen LogP contribution is 2.28. The van der Waals surface area contributed by atoms with E-state index in [1.54, 1.807) is 18.2 Å². The van der Waals surface area contributed by atoms with Crippen LogP contribution in [0.15, 0.2) is 48.5 Å². The molecule has 2 aromatic carbocycles. The Hall–Kier alpha value is -2.20. The van der Waals surface area contributed by atoms with Gasteiger partial charge in [0.05, 0.1) is 12.8 Å². The summed E-state index contributed by atoms with van der Waals surface area (Å²) in [6, 6.07) is 13.7. The molecule has 2 aromatic rings. The number of hydrogen-bond donors (Lipinski definition) is 2. The van der Waals surface area contributed by atoms with Crippen LogP contribution in [0.5, 0.6) is 5.75 Å². The number of hydrogen-bond acceptors (Lipinski definition) is 3. The van der Waals surface area contributed by atoms with E-state index in [1.807, 2.05) is 30.3 Å². The van der Waals surface area contributed by atoms with Gasteiger partial charge in [0, 0.05) is 11.4 Å². The quantitative estimate of drug-likeness (QED) is 0.858. The summed E-state index contributed by atoms with van der Waals surface area (Å²) in [7, 11) is 1.53. The van der Waals surface area contributed by atoms with Gasteiger partial charge < -0.3 is 15.2 Å². The first-order valence-corrected chi connectivity index (χ1v) is 6.84. The van der Waals surface area contributed by atoms with Crippen molar-refractivity contribution in [2.75, 3.05) is 12.4 Å². The van der Waals surface area contributed by atoms with E-state index in [9.17, 15) is 9.90 Å². The molecular formula is C16H16ClNO3. The van der Waals surface area contributed by atoms with Crippen molar-refractivity contribution in [3.05, 3.63) is 59.1 Å². The Morgan fingerprint density at radius 1 is 1.29 bits per heavy atom. The van der Waals surface area contributed by atoms with Gasteiger partial charge in [-0.1, -0.05) is 41.9 Å². The van der Waals surface area contributed by atoms with Crippen LogP contribution in [0, 0.1) is 0 Å². The van der Waals surface area contributed by atoms with Crippen LogP contribution in [0.3, 0.4) is 0 Å². The normalized spacial score (nSPS) is 11.7. The lowest BCUT2D eigenvalue weighted by Crippen LogP contribution is -2.31. The zero-order chi connectivity index (χ0) is 15.2. The van der Waals surface area contributed by atoms with E-state index >= 15 is 0 Å². The number of carboxylic acids is 1. The Bertz CT molecular complexity index is 616. The zero-order valence-corrected chi connectivity index (χ0v) is 12.3. The summed E-state index contributed by atoms with van der Waals surface area (Å²) in [6.45, 7) is 0. The van der Waals surface area contributed by atoms with Gasteiger partial charge in [0.25, 0.3) is 0 Å². The van der Waals surface area contributed by atoms with Gasteiger partial charge in [-0.3, -0.25) is 0 Å². The zero-order valence-electron chi connectivity index (χ0n) is 11.5. The average Bonchev–Trinajstić information content (AvgIpc) is 2.48. The summed E-state index contributed by atoms with van der Waals surface area (Å²) in [5.74, 6) is -0.375. The van der Waals surface area contributed by atoms with E-state index in [1.165, 1.54) is 7.11 Å². The van der Waals surface area contributed by atoms with Gasteiger partial charge in [-0.2, -0.15) is 0 Å². The maximum absolute atomic E-state index is 11.5. The molecule has 0 bridgehead atoms. The molecule has 0 unspecified atom stereocenters. The van der Waals surface area contributed by atoms with E-state index in [4.69, 9.17) is 16.3 Å². The average molecular weight is 306 g/mol. The first-order valence-electron chi connectivity index (χ1n) is 6.47. The number of carboxylic acid groups (broad SMARTS) is 1. The topological polar surface area (TPSA) is 58.6 Å². The predicted octanol–water partition coefficient (Wildman–Crippen LogP) is 3.46. The summed E-state index contributed by atoms with van der Waals surface area (Å²) in [5, 5.41) is 12.9. The number of carbonyl (C=O) groups is 1. The van der Waals surface area contributed by atoms with Crippen molar-refractivity contribution in [2.24, 2.45) is 0 Å². The lowest BCUT2D eigenvalue weighted by Gasteiger charge is -2.18. The van der Waals surface area contributed by atoms with E-state index < -0.39 is 12.0 Å². The lowest BCUT2D eigenvalue weighted by atomic mass is 10.1. The Kier molecular flexibility index (Phi) is 5.06. The molecule has 0 saturated carbocycles. The van der Waals surface area contributed by atoms with Crippen LogP contribution in [0.2, 0.25) is 5.02 Å². The Morgan fingerprint density at radius 2 is 2.00 bits per heavy atom. The van der Waals surface area contributed by atoms with Crippen LogP contribution < -0.4 is 10.1 Å². The third kappa shape index (κ3) is 4.13. The monoisotopic (exact) mass is 305 g/mol. The molecule has 4 nitrogen and oxygen atoms in total. The number of rotatable bonds is 6. The van der Waals surface area contributed by atoms with Gasteiger partial charge in [0.2, 0.25) is 0 Å². The Morgan fingerprint density at radius 3 is 2.62 bits per heavy atom. The van der Waals surface area contributed by atoms with Crippen LogP contribution in [-0.2, 0) is 11.2 Å². The lowest BCUT2D eigenvalue weighted by molar-refractivity contribution is -0.137. The van der Waals surface area contributed by atoms with Crippen molar-refractivity contribution < 1.29 is 14.6 Å². The van der Waals surface area contributed by atoms with Gasteiger partial charge in [0.15, 0.2) is 0 Å². The van der Waals surface area contributed by atoms with Gasteiger partial charge in [-0.25, -0.2) is 4.79 Å². The van der Waals surface area contributed by atoms with Crippen LogP contribution >= 0.6 is 11.6 Å². The van der Waals surface area contributed by atoms with Gasteiger partial charge in [-0.15, -0.1) is 0 Å². The molecule has 21 heavy (non-hydrogen) atoms. The minimum Gasteiger partial charge on any atom is -0.495 e. The molecule has 0 saturated heterocycles. The maximum Gasteiger partial charge on any atom is 0.326 e. The van der Waals surface area contributed by atoms with E-state index in [2.05, 4.69) is 5.32 Å². The van der Waals surface area contributed by atoms with Crippen LogP contribution in [0.25, 0.3) is 0 Å². The molecule has 0 aliphatic carbocycles. The highest BCUT2D eigenvalue weighted by molar-refractivity contribution is 6.30.